The molecule has 0 unspecified atom stereocenters. The first-order valence-electron chi connectivity index (χ1n) is 7.66. The SMILES string of the molecule is COP(=O)(/C=C/c1ccc(CO[Si](C)(C)C(C)(C)C)cc1)OC. The van der Waals surface area contributed by atoms with Crippen LogP contribution in [-0.4, -0.2) is 22.5 Å². The summed E-state index contributed by atoms with van der Waals surface area (Å²) in [7, 11) is -2.10. The van der Waals surface area contributed by atoms with Crippen molar-refractivity contribution in [2.75, 3.05) is 14.2 Å². The second-order valence-electron chi connectivity index (χ2n) is 7.01. The van der Waals surface area contributed by atoms with Crippen molar-refractivity contribution in [2.24, 2.45) is 0 Å². The Hall–Kier alpha value is -0.713. The molecule has 1 rings (SSSR count). The van der Waals surface area contributed by atoms with Crippen LogP contribution in [0.25, 0.3) is 6.08 Å². The summed E-state index contributed by atoms with van der Waals surface area (Å²) < 4.78 is 27.9. The van der Waals surface area contributed by atoms with Crippen molar-refractivity contribution in [1.82, 2.24) is 0 Å². The Balaban J connectivity index is 2.71. The molecule has 0 heterocycles. The summed E-state index contributed by atoms with van der Waals surface area (Å²) in [5, 5.41) is 0.205. The average molecular weight is 356 g/mol. The van der Waals surface area contributed by atoms with E-state index in [1.165, 1.54) is 20.0 Å². The second kappa shape index (κ2) is 7.91. The van der Waals surface area contributed by atoms with E-state index in [0.29, 0.717) is 6.61 Å². The third-order valence-electron chi connectivity index (χ3n) is 4.34. The van der Waals surface area contributed by atoms with Gasteiger partial charge in [0.2, 0.25) is 0 Å². The largest absolute Gasteiger partial charge is 0.413 e. The van der Waals surface area contributed by atoms with Crippen LogP contribution in [0.1, 0.15) is 31.9 Å². The van der Waals surface area contributed by atoms with Gasteiger partial charge in [-0.2, -0.15) is 0 Å². The highest BCUT2D eigenvalue weighted by molar-refractivity contribution is 7.57. The van der Waals surface area contributed by atoms with Crippen molar-refractivity contribution in [3.8, 4) is 0 Å². The fourth-order valence-electron chi connectivity index (χ4n) is 1.58. The quantitative estimate of drug-likeness (QED) is 0.467. The van der Waals surface area contributed by atoms with E-state index in [2.05, 4.69) is 33.9 Å². The lowest BCUT2D eigenvalue weighted by atomic mass is 10.1. The van der Waals surface area contributed by atoms with E-state index in [4.69, 9.17) is 13.5 Å². The molecule has 0 fully saturated rings. The van der Waals surface area contributed by atoms with Crippen LogP contribution < -0.4 is 0 Å². The van der Waals surface area contributed by atoms with E-state index in [1.807, 2.05) is 24.3 Å². The molecule has 0 aliphatic carbocycles. The minimum absolute atomic E-state index is 0.205. The molecule has 0 bridgehead atoms. The van der Waals surface area contributed by atoms with Gasteiger partial charge >= 0.3 is 7.60 Å². The molecular weight excluding hydrogens is 327 g/mol. The number of hydrogen-bond acceptors (Lipinski definition) is 4. The second-order valence-corrected chi connectivity index (χ2v) is 13.9. The van der Waals surface area contributed by atoms with Gasteiger partial charge in [0.15, 0.2) is 8.32 Å². The Morgan fingerprint density at radius 1 is 1.09 bits per heavy atom. The van der Waals surface area contributed by atoms with Crippen molar-refractivity contribution < 1.29 is 18.0 Å². The lowest BCUT2D eigenvalue weighted by Gasteiger charge is -2.36. The minimum atomic E-state index is -3.11. The Morgan fingerprint density at radius 2 is 1.61 bits per heavy atom. The van der Waals surface area contributed by atoms with Gasteiger partial charge in [-0.25, -0.2) is 0 Å². The van der Waals surface area contributed by atoms with Gasteiger partial charge in [0.25, 0.3) is 0 Å². The molecule has 130 valence electrons. The average Bonchev–Trinajstić information content (AvgIpc) is 2.50. The molecule has 0 amide bonds. The van der Waals surface area contributed by atoms with Gasteiger partial charge in [-0.15, -0.1) is 0 Å². The lowest BCUT2D eigenvalue weighted by molar-refractivity contribution is 0.276. The highest BCUT2D eigenvalue weighted by Crippen LogP contribution is 2.48. The standard InChI is InChI=1S/C17H29O4PSi/c1-17(2,3)23(6,7)21-14-16-10-8-15(9-11-16)12-13-22(18,19-4)20-5/h8-13H,14H2,1-7H3/b13-12+. The van der Waals surface area contributed by atoms with Crippen LogP contribution in [0, 0.1) is 0 Å². The number of benzene rings is 1. The van der Waals surface area contributed by atoms with Gasteiger partial charge in [-0.1, -0.05) is 45.0 Å². The third-order valence-corrected chi connectivity index (χ3v) is 10.4. The van der Waals surface area contributed by atoms with Gasteiger partial charge < -0.3 is 13.5 Å². The van der Waals surface area contributed by atoms with E-state index in [9.17, 15) is 4.57 Å². The summed E-state index contributed by atoms with van der Waals surface area (Å²) in [6, 6.07) is 7.99. The van der Waals surface area contributed by atoms with Crippen LogP contribution in [0.15, 0.2) is 30.1 Å². The molecule has 0 aromatic heterocycles. The molecular formula is C17H29O4PSi. The van der Waals surface area contributed by atoms with E-state index in [0.717, 1.165) is 11.1 Å². The van der Waals surface area contributed by atoms with E-state index in [1.54, 1.807) is 6.08 Å². The van der Waals surface area contributed by atoms with Gasteiger partial charge in [0, 0.05) is 20.0 Å². The predicted molar refractivity (Wildman–Crippen MR) is 99.1 cm³/mol. The monoisotopic (exact) mass is 356 g/mol. The maximum absolute atomic E-state index is 12.0. The summed E-state index contributed by atoms with van der Waals surface area (Å²) in [6.07, 6.45) is 1.74. The molecule has 0 saturated heterocycles. The van der Waals surface area contributed by atoms with Crippen molar-refractivity contribution >= 4 is 22.0 Å². The summed E-state index contributed by atoms with van der Waals surface area (Å²) in [5.41, 5.74) is 2.07. The number of hydrogen-bond donors (Lipinski definition) is 0. The lowest BCUT2D eigenvalue weighted by Crippen LogP contribution is -2.40. The van der Waals surface area contributed by atoms with Crippen LogP contribution >= 0.6 is 7.60 Å². The molecule has 1 aromatic rings. The smallest absolute Gasteiger partial charge is 0.353 e. The van der Waals surface area contributed by atoms with Crippen LogP contribution in [0.5, 0.6) is 0 Å². The fraction of sp³-hybridized carbons (Fsp3) is 0.529. The molecule has 0 saturated carbocycles. The molecule has 6 heteroatoms. The summed E-state index contributed by atoms with van der Waals surface area (Å²) in [4.78, 5) is 0. The molecule has 0 atom stereocenters. The van der Waals surface area contributed by atoms with Gasteiger partial charge in [-0.3, -0.25) is 4.57 Å². The Kier molecular flexibility index (Phi) is 6.99. The van der Waals surface area contributed by atoms with Crippen LogP contribution in [0.2, 0.25) is 18.1 Å². The van der Waals surface area contributed by atoms with Crippen molar-refractivity contribution in [2.45, 2.75) is 45.5 Å². The van der Waals surface area contributed by atoms with Crippen LogP contribution in [0.3, 0.4) is 0 Å². The first-order valence-corrected chi connectivity index (χ1v) is 12.2. The first kappa shape index (κ1) is 20.3. The molecule has 0 radical (unpaired) electrons. The van der Waals surface area contributed by atoms with Gasteiger partial charge in [-0.05, 0) is 35.3 Å². The van der Waals surface area contributed by atoms with Crippen LogP contribution in [0.4, 0.5) is 0 Å². The summed E-state index contributed by atoms with van der Waals surface area (Å²) >= 11 is 0. The Labute approximate surface area is 141 Å². The fourth-order valence-corrected chi connectivity index (χ4v) is 3.29. The van der Waals surface area contributed by atoms with Crippen molar-refractivity contribution in [1.29, 1.82) is 0 Å². The molecule has 0 N–H and O–H groups in total. The van der Waals surface area contributed by atoms with Gasteiger partial charge in [0.1, 0.15) is 0 Å². The molecule has 0 spiro atoms. The minimum Gasteiger partial charge on any atom is -0.413 e. The first-order chi connectivity index (χ1) is 10.5. The Bertz CT molecular complexity index is 565. The molecule has 0 aliphatic heterocycles. The van der Waals surface area contributed by atoms with E-state index in [-0.39, 0.29) is 5.04 Å². The number of rotatable bonds is 7. The van der Waals surface area contributed by atoms with Crippen molar-refractivity contribution in [3.05, 3.63) is 41.2 Å². The predicted octanol–water partition coefficient (Wildman–Crippen LogP) is 5.67. The Morgan fingerprint density at radius 3 is 2.04 bits per heavy atom. The molecule has 0 aliphatic rings. The van der Waals surface area contributed by atoms with Gasteiger partial charge in [0.05, 0.1) is 6.61 Å². The normalized spacial score (nSPS) is 13.7. The van der Waals surface area contributed by atoms with E-state index < -0.39 is 15.9 Å². The molecule has 1 aromatic carbocycles. The summed E-state index contributed by atoms with van der Waals surface area (Å²) in [6.45, 7) is 11.8. The molecule has 23 heavy (non-hydrogen) atoms. The molecule has 4 nitrogen and oxygen atoms in total. The highest BCUT2D eigenvalue weighted by Gasteiger charge is 2.36. The third kappa shape index (κ3) is 6.01. The zero-order valence-corrected chi connectivity index (χ0v) is 17.1. The van der Waals surface area contributed by atoms with Crippen molar-refractivity contribution in [3.63, 3.8) is 0 Å². The zero-order valence-electron chi connectivity index (χ0n) is 15.3. The zero-order chi connectivity index (χ0) is 17.7. The van der Waals surface area contributed by atoms with E-state index >= 15 is 0 Å². The topological polar surface area (TPSA) is 44.8 Å². The summed E-state index contributed by atoms with van der Waals surface area (Å²) in [5.74, 6) is 1.47. The van der Waals surface area contributed by atoms with Crippen LogP contribution in [-0.2, 0) is 24.6 Å². The maximum atomic E-state index is 12.0. The maximum Gasteiger partial charge on any atom is 0.353 e. The highest BCUT2D eigenvalue weighted by atomic mass is 31.2.